The largest absolute Gasteiger partial charge is 1.00 e. The van der Waals surface area contributed by atoms with Gasteiger partial charge in [0.25, 0.3) is 0 Å². The quantitative estimate of drug-likeness (QED) is 0.557. The van der Waals surface area contributed by atoms with Crippen molar-refractivity contribution < 1.29 is 34.3 Å². The molecule has 0 aromatic heterocycles. The topological polar surface area (TPSA) is 9.23 Å². The predicted molar refractivity (Wildman–Crippen MR) is 47.7 cm³/mol. The van der Waals surface area contributed by atoms with Crippen molar-refractivity contribution in [2.75, 3.05) is 7.11 Å². The van der Waals surface area contributed by atoms with Gasteiger partial charge >= 0.3 is 29.6 Å². The van der Waals surface area contributed by atoms with Gasteiger partial charge in [-0.2, -0.15) is 0 Å². The van der Waals surface area contributed by atoms with Crippen molar-refractivity contribution in [3.8, 4) is 5.75 Å². The van der Waals surface area contributed by atoms with E-state index >= 15 is 0 Å². The molecule has 0 N–H and O–H groups in total. The Bertz CT molecular complexity index is 239. The minimum absolute atomic E-state index is 0. The molecule has 0 atom stereocenters. The molecule has 0 aliphatic rings. The standard InChI is InChI=1S/C10H12O.Na/c1-3-4-9-5-7-10(11-2)8-6-9;/h3-8H,1-2H3;/q;+1/b4-3+;. The van der Waals surface area contributed by atoms with Crippen molar-refractivity contribution in [3.63, 3.8) is 0 Å². The Morgan fingerprint density at radius 2 is 1.75 bits per heavy atom. The molecule has 58 valence electrons. The molecular weight excluding hydrogens is 159 g/mol. The summed E-state index contributed by atoms with van der Waals surface area (Å²) in [7, 11) is 1.67. The minimum atomic E-state index is 0. The summed E-state index contributed by atoms with van der Waals surface area (Å²) in [5.41, 5.74) is 1.20. The molecule has 1 aromatic rings. The molecule has 0 amide bonds. The number of rotatable bonds is 2. The van der Waals surface area contributed by atoms with E-state index in [0.717, 1.165) is 5.75 Å². The van der Waals surface area contributed by atoms with E-state index in [1.54, 1.807) is 7.11 Å². The van der Waals surface area contributed by atoms with E-state index in [1.165, 1.54) is 5.56 Å². The molecule has 0 heterocycles. The van der Waals surface area contributed by atoms with Gasteiger partial charge in [0.2, 0.25) is 0 Å². The van der Waals surface area contributed by atoms with E-state index in [2.05, 4.69) is 6.08 Å². The first-order chi connectivity index (χ1) is 5.36. The zero-order valence-electron chi connectivity index (χ0n) is 7.87. The fraction of sp³-hybridized carbons (Fsp3) is 0.200. The van der Waals surface area contributed by atoms with Crippen LogP contribution in [-0.2, 0) is 0 Å². The van der Waals surface area contributed by atoms with E-state index in [-0.39, 0.29) is 29.6 Å². The second-order valence-electron chi connectivity index (χ2n) is 2.27. The molecule has 0 bridgehead atoms. The summed E-state index contributed by atoms with van der Waals surface area (Å²) >= 11 is 0. The van der Waals surface area contributed by atoms with E-state index in [9.17, 15) is 0 Å². The van der Waals surface area contributed by atoms with Crippen LogP contribution in [0.5, 0.6) is 5.75 Å². The van der Waals surface area contributed by atoms with Crippen LogP contribution < -0.4 is 34.3 Å². The molecule has 12 heavy (non-hydrogen) atoms. The van der Waals surface area contributed by atoms with Crippen LogP contribution in [-0.4, -0.2) is 7.11 Å². The summed E-state index contributed by atoms with van der Waals surface area (Å²) in [6.45, 7) is 2.00. The third-order valence-electron chi connectivity index (χ3n) is 1.47. The van der Waals surface area contributed by atoms with Crippen molar-refractivity contribution in [2.24, 2.45) is 0 Å². The van der Waals surface area contributed by atoms with Crippen LogP contribution in [0.3, 0.4) is 0 Å². The summed E-state index contributed by atoms with van der Waals surface area (Å²) in [5, 5.41) is 0. The Morgan fingerprint density at radius 3 is 2.17 bits per heavy atom. The van der Waals surface area contributed by atoms with Crippen molar-refractivity contribution >= 4 is 6.08 Å². The third-order valence-corrected chi connectivity index (χ3v) is 1.47. The van der Waals surface area contributed by atoms with Gasteiger partial charge in [-0.15, -0.1) is 0 Å². The number of methoxy groups -OCH3 is 1. The Kier molecular flexibility index (Phi) is 6.17. The van der Waals surface area contributed by atoms with Crippen LogP contribution >= 0.6 is 0 Å². The van der Waals surface area contributed by atoms with Crippen molar-refractivity contribution in [1.82, 2.24) is 0 Å². The van der Waals surface area contributed by atoms with Crippen molar-refractivity contribution in [2.45, 2.75) is 6.92 Å². The molecular formula is C10H12NaO+. The van der Waals surface area contributed by atoms with Gasteiger partial charge in [-0.25, -0.2) is 0 Å². The van der Waals surface area contributed by atoms with Gasteiger partial charge in [0.1, 0.15) is 5.75 Å². The van der Waals surface area contributed by atoms with Crippen LogP contribution in [0.4, 0.5) is 0 Å². The number of hydrogen-bond donors (Lipinski definition) is 0. The van der Waals surface area contributed by atoms with E-state index in [1.807, 2.05) is 37.3 Å². The minimum Gasteiger partial charge on any atom is -0.497 e. The molecule has 2 heteroatoms. The van der Waals surface area contributed by atoms with Crippen LogP contribution in [0.2, 0.25) is 0 Å². The Balaban J connectivity index is 0.00000121. The van der Waals surface area contributed by atoms with E-state index in [0.29, 0.717) is 0 Å². The third kappa shape index (κ3) is 3.44. The Labute approximate surface area is 95.7 Å². The molecule has 1 nitrogen and oxygen atoms in total. The number of hydrogen-bond acceptors (Lipinski definition) is 1. The molecule has 1 rings (SSSR count). The van der Waals surface area contributed by atoms with Crippen LogP contribution in [0, 0.1) is 0 Å². The summed E-state index contributed by atoms with van der Waals surface area (Å²) in [6.07, 6.45) is 4.07. The van der Waals surface area contributed by atoms with Crippen LogP contribution in [0.15, 0.2) is 30.3 Å². The molecule has 0 unspecified atom stereocenters. The number of allylic oxidation sites excluding steroid dienone is 1. The fourth-order valence-electron chi connectivity index (χ4n) is 0.907. The van der Waals surface area contributed by atoms with E-state index in [4.69, 9.17) is 4.74 Å². The van der Waals surface area contributed by atoms with Gasteiger partial charge in [-0.3, -0.25) is 0 Å². The summed E-state index contributed by atoms with van der Waals surface area (Å²) in [5.74, 6) is 0.901. The average Bonchev–Trinajstić information content (AvgIpc) is 2.07. The maximum absolute atomic E-state index is 5.02. The van der Waals surface area contributed by atoms with Crippen molar-refractivity contribution in [3.05, 3.63) is 35.9 Å². The molecule has 0 aliphatic heterocycles. The Morgan fingerprint density at radius 1 is 1.17 bits per heavy atom. The normalized spacial score (nSPS) is 9.50. The molecule has 0 fully saturated rings. The SMILES string of the molecule is C/C=C/c1ccc(OC)cc1.[Na+]. The summed E-state index contributed by atoms with van der Waals surface area (Å²) in [4.78, 5) is 0. The zero-order valence-corrected chi connectivity index (χ0v) is 9.87. The first-order valence-corrected chi connectivity index (χ1v) is 3.63. The molecule has 0 saturated carbocycles. The van der Waals surface area contributed by atoms with Crippen LogP contribution in [0.1, 0.15) is 12.5 Å². The molecule has 0 radical (unpaired) electrons. The molecule has 0 spiro atoms. The number of ether oxygens (including phenoxy) is 1. The maximum Gasteiger partial charge on any atom is 1.00 e. The fourth-order valence-corrected chi connectivity index (χ4v) is 0.907. The van der Waals surface area contributed by atoms with Gasteiger partial charge in [0.15, 0.2) is 0 Å². The zero-order chi connectivity index (χ0) is 8.10. The van der Waals surface area contributed by atoms with Crippen molar-refractivity contribution in [1.29, 1.82) is 0 Å². The summed E-state index contributed by atoms with van der Waals surface area (Å²) < 4.78 is 5.02. The van der Waals surface area contributed by atoms with E-state index < -0.39 is 0 Å². The van der Waals surface area contributed by atoms with Gasteiger partial charge in [0.05, 0.1) is 7.11 Å². The predicted octanol–water partition coefficient (Wildman–Crippen LogP) is -0.268. The average molecular weight is 171 g/mol. The molecule has 0 aliphatic carbocycles. The van der Waals surface area contributed by atoms with Gasteiger partial charge in [-0.05, 0) is 24.6 Å². The smallest absolute Gasteiger partial charge is 0.497 e. The van der Waals surface area contributed by atoms with Crippen LogP contribution in [0.25, 0.3) is 6.08 Å². The first-order valence-electron chi connectivity index (χ1n) is 3.63. The molecule has 1 aromatic carbocycles. The monoisotopic (exact) mass is 171 g/mol. The summed E-state index contributed by atoms with van der Waals surface area (Å²) in [6, 6.07) is 7.96. The second-order valence-corrected chi connectivity index (χ2v) is 2.27. The maximum atomic E-state index is 5.02. The van der Waals surface area contributed by atoms with Gasteiger partial charge in [0, 0.05) is 0 Å². The van der Waals surface area contributed by atoms with Gasteiger partial charge in [-0.1, -0.05) is 24.3 Å². The second kappa shape index (κ2) is 6.30. The Hall–Kier alpha value is -0.240. The molecule has 0 saturated heterocycles. The van der Waals surface area contributed by atoms with Gasteiger partial charge < -0.3 is 4.74 Å². The first kappa shape index (κ1) is 11.8. The number of benzene rings is 1.